The summed E-state index contributed by atoms with van der Waals surface area (Å²) >= 11 is 0. The van der Waals surface area contributed by atoms with Crippen molar-refractivity contribution in [3.8, 4) is 0 Å². The molecule has 0 fully saturated rings. The van der Waals surface area contributed by atoms with E-state index in [0.29, 0.717) is 11.9 Å². The highest BCUT2D eigenvalue weighted by Crippen LogP contribution is 2.21. The molecule has 0 aliphatic carbocycles. The van der Waals surface area contributed by atoms with Gasteiger partial charge in [-0.1, -0.05) is 6.92 Å². The van der Waals surface area contributed by atoms with Crippen LogP contribution in [0, 0.1) is 17.5 Å². The van der Waals surface area contributed by atoms with Crippen molar-refractivity contribution in [3.63, 3.8) is 0 Å². The molecule has 0 aliphatic rings. The predicted octanol–water partition coefficient (Wildman–Crippen LogP) is 3.46. The average molecular weight is 282 g/mol. The zero-order valence-corrected chi connectivity index (χ0v) is 10.8. The topological polar surface area (TPSA) is 49.8 Å². The predicted molar refractivity (Wildman–Crippen MR) is 70.4 cm³/mol. The molecule has 0 radical (unpaired) electrons. The van der Waals surface area contributed by atoms with E-state index in [0.717, 1.165) is 19.0 Å². The summed E-state index contributed by atoms with van der Waals surface area (Å²) < 4.78 is 39.4. The fraction of sp³-hybridized carbons (Fsp3) is 0.231. The Morgan fingerprint density at radius 1 is 1.00 bits per heavy atom. The Balaban J connectivity index is 2.19. The highest BCUT2D eigenvalue weighted by atomic mass is 19.2. The van der Waals surface area contributed by atoms with Crippen molar-refractivity contribution in [2.45, 2.75) is 13.3 Å². The smallest absolute Gasteiger partial charge is 0.161 e. The van der Waals surface area contributed by atoms with Crippen molar-refractivity contribution in [2.24, 2.45) is 0 Å². The van der Waals surface area contributed by atoms with Crippen molar-refractivity contribution < 1.29 is 13.2 Å². The molecule has 0 amide bonds. The van der Waals surface area contributed by atoms with Crippen LogP contribution in [0.25, 0.3) is 0 Å². The van der Waals surface area contributed by atoms with E-state index >= 15 is 0 Å². The van der Waals surface area contributed by atoms with Gasteiger partial charge in [-0.2, -0.15) is 0 Å². The average Bonchev–Trinajstić information content (AvgIpc) is 2.43. The number of halogens is 3. The second kappa shape index (κ2) is 6.23. The molecule has 0 atom stereocenters. The molecule has 0 saturated carbocycles. The first-order chi connectivity index (χ1) is 9.60. The molecule has 2 aromatic rings. The minimum atomic E-state index is -1.24. The molecular weight excluding hydrogens is 269 g/mol. The van der Waals surface area contributed by atoms with E-state index in [1.165, 1.54) is 12.4 Å². The first-order valence-electron chi connectivity index (χ1n) is 6.07. The number of nitrogens with zero attached hydrogens (tertiary/aromatic N) is 2. The molecule has 1 heterocycles. The maximum absolute atomic E-state index is 13.5. The van der Waals surface area contributed by atoms with Crippen molar-refractivity contribution >= 4 is 17.3 Å². The van der Waals surface area contributed by atoms with E-state index in [4.69, 9.17) is 0 Å². The highest BCUT2D eigenvalue weighted by molar-refractivity contribution is 5.57. The summed E-state index contributed by atoms with van der Waals surface area (Å²) in [6.07, 6.45) is 3.79. The van der Waals surface area contributed by atoms with Crippen LogP contribution in [0.4, 0.5) is 30.5 Å². The van der Waals surface area contributed by atoms with Gasteiger partial charge in [0.25, 0.3) is 0 Å². The normalized spacial score (nSPS) is 10.4. The van der Waals surface area contributed by atoms with Gasteiger partial charge >= 0.3 is 0 Å². The molecule has 4 nitrogen and oxygen atoms in total. The first-order valence-corrected chi connectivity index (χ1v) is 6.07. The molecular formula is C13H13F3N4. The Bertz CT molecular complexity index is 604. The molecule has 106 valence electrons. The van der Waals surface area contributed by atoms with Crippen LogP contribution < -0.4 is 10.6 Å². The van der Waals surface area contributed by atoms with E-state index in [2.05, 4.69) is 20.6 Å². The number of aromatic nitrogens is 2. The maximum Gasteiger partial charge on any atom is 0.161 e. The summed E-state index contributed by atoms with van der Waals surface area (Å²) in [5.74, 6) is -2.53. The Labute approximate surface area is 114 Å². The first kappa shape index (κ1) is 14.1. The summed E-state index contributed by atoms with van der Waals surface area (Å²) in [5, 5.41) is 5.58. The van der Waals surface area contributed by atoms with Gasteiger partial charge in [-0.05, 0) is 6.42 Å². The Morgan fingerprint density at radius 3 is 2.45 bits per heavy atom. The number of hydrogen-bond donors (Lipinski definition) is 2. The van der Waals surface area contributed by atoms with Crippen LogP contribution in [0.15, 0.2) is 24.5 Å². The number of hydrogen-bond acceptors (Lipinski definition) is 4. The lowest BCUT2D eigenvalue weighted by Gasteiger charge is -2.09. The Hall–Kier alpha value is -2.31. The lowest BCUT2D eigenvalue weighted by atomic mass is 10.3. The number of rotatable bonds is 5. The standard InChI is InChI=1S/C13H13F3N4/c1-2-3-18-12-6-17-7-13(20-12)19-11-5-9(15)8(14)4-10(11)16/h4-7H,2-3H2,1H3,(H2,18,19,20). The zero-order valence-electron chi connectivity index (χ0n) is 10.8. The van der Waals surface area contributed by atoms with Crippen LogP contribution in [0.1, 0.15) is 13.3 Å². The molecule has 0 aliphatic heterocycles. The quantitative estimate of drug-likeness (QED) is 0.825. The molecule has 1 aromatic carbocycles. The van der Waals surface area contributed by atoms with Crippen molar-refractivity contribution in [1.82, 2.24) is 9.97 Å². The van der Waals surface area contributed by atoms with E-state index < -0.39 is 17.5 Å². The summed E-state index contributed by atoms with van der Waals surface area (Å²) in [5.41, 5.74) is -0.203. The van der Waals surface area contributed by atoms with Gasteiger partial charge in [0.2, 0.25) is 0 Å². The minimum Gasteiger partial charge on any atom is -0.369 e. The molecule has 2 rings (SSSR count). The summed E-state index contributed by atoms with van der Waals surface area (Å²) in [6.45, 7) is 2.72. The molecule has 20 heavy (non-hydrogen) atoms. The Kier molecular flexibility index (Phi) is 4.39. The lowest BCUT2D eigenvalue weighted by Crippen LogP contribution is -2.05. The molecule has 0 bridgehead atoms. The van der Waals surface area contributed by atoms with E-state index in [1.54, 1.807) is 0 Å². The fourth-order valence-corrected chi connectivity index (χ4v) is 1.52. The van der Waals surface area contributed by atoms with Gasteiger partial charge < -0.3 is 10.6 Å². The van der Waals surface area contributed by atoms with Crippen LogP contribution in [0.2, 0.25) is 0 Å². The van der Waals surface area contributed by atoms with Crippen LogP contribution in [-0.4, -0.2) is 16.5 Å². The minimum absolute atomic E-state index is 0.203. The van der Waals surface area contributed by atoms with Crippen molar-refractivity contribution in [3.05, 3.63) is 42.0 Å². The van der Waals surface area contributed by atoms with Gasteiger partial charge in [0.15, 0.2) is 17.5 Å². The number of benzene rings is 1. The lowest BCUT2D eigenvalue weighted by molar-refractivity contribution is 0.496. The van der Waals surface area contributed by atoms with Crippen LogP contribution in [0.3, 0.4) is 0 Å². The SMILES string of the molecule is CCCNc1cncc(Nc2cc(F)c(F)cc2F)n1. The maximum atomic E-state index is 13.5. The fourth-order valence-electron chi connectivity index (χ4n) is 1.52. The zero-order chi connectivity index (χ0) is 14.5. The monoisotopic (exact) mass is 282 g/mol. The van der Waals surface area contributed by atoms with Gasteiger partial charge in [-0.25, -0.2) is 18.2 Å². The van der Waals surface area contributed by atoms with Crippen LogP contribution in [0.5, 0.6) is 0 Å². The van der Waals surface area contributed by atoms with Crippen molar-refractivity contribution in [2.75, 3.05) is 17.2 Å². The van der Waals surface area contributed by atoms with Gasteiger partial charge in [-0.3, -0.25) is 4.98 Å². The largest absolute Gasteiger partial charge is 0.369 e. The van der Waals surface area contributed by atoms with E-state index in [1.807, 2.05) is 6.92 Å². The number of nitrogens with one attached hydrogen (secondary N) is 2. The second-order valence-corrected chi connectivity index (χ2v) is 4.09. The van der Waals surface area contributed by atoms with Crippen LogP contribution in [-0.2, 0) is 0 Å². The van der Waals surface area contributed by atoms with Gasteiger partial charge in [0.05, 0.1) is 18.1 Å². The highest BCUT2D eigenvalue weighted by Gasteiger charge is 2.10. The third-order valence-corrected chi connectivity index (χ3v) is 2.46. The molecule has 0 unspecified atom stereocenters. The summed E-state index contributed by atoms with van der Waals surface area (Å²) in [7, 11) is 0. The van der Waals surface area contributed by atoms with E-state index in [-0.39, 0.29) is 11.5 Å². The van der Waals surface area contributed by atoms with E-state index in [9.17, 15) is 13.2 Å². The van der Waals surface area contributed by atoms with Crippen LogP contribution >= 0.6 is 0 Å². The van der Waals surface area contributed by atoms with Gasteiger partial charge in [0, 0.05) is 18.7 Å². The van der Waals surface area contributed by atoms with Gasteiger partial charge in [-0.15, -0.1) is 0 Å². The molecule has 1 aromatic heterocycles. The van der Waals surface area contributed by atoms with Gasteiger partial charge in [0.1, 0.15) is 11.6 Å². The molecule has 7 heteroatoms. The summed E-state index contributed by atoms with van der Waals surface area (Å²) in [4.78, 5) is 8.06. The third kappa shape index (κ3) is 3.37. The summed E-state index contributed by atoms with van der Waals surface area (Å²) in [6, 6.07) is 1.21. The molecule has 0 spiro atoms. The molecule has 2 N–H and O–H groups in total. The second-order valence-electron chi connectivity index (χ2n) is 4.09. The Morgan fingerprint density at radius 2 is 1.70 bits per heavy atom. The molecule has 0 saturated heterocycles. The van der Waals surface area contributed by atoms with Crippen molar-refractivity contribution in [1.29, 1.82) is 0 Å². The number of anilines is 3. The third-order valence-electron chi connectivity index (χ3n) is 2.46.